The van der Waals surface area contributed by atoms with Crippen molar-refractivity contribution in [2.75, 3.05) is 18.6 Å². The Morgan fingerprint density at radius 3 is 2.28 bits per heavy atom. The van der Waals surface area contributed by atoms with Crippen molar-refractivity contribution in [3.05, 3.63) is 0 Å². The normalized spacial score (nSPS) is 12.9. The molecule has 18 heavy (non-hydrogen) atoms. The van der Waals surface area contributed by atoms with Crippen LogP contribution in [0.5, 0.6) is 0 Å². The lowest BCUT2D eigenvalue weighted by molar-refractivity contribution is -0.149. The van der Waals surface area contributed by atoms with E-state index in [2.05, 4.69) is 10.6 Å². The fraction of sp³-hybridized carbons (Fsp3) is 0.833. The summed E-state index contributed by atoms with van der Waals surface area (Å²) in [5, 5.41) is 14.7. The molecule has 1 unspecified atom stereocenters. The molecule has 0 aromatic rings. The molecular formula is C12H24N2O3S. The zero-order chi connectivity index (χ0) is 14.2. The second-order valence-electron chi connectivity index (χ2n) is 4.48. The summed E-state index contributed by atoms with van der Waals surface area (Å²) in [5.41, 5.74) is -0.861. The van der Waals surface area contributed by atoms with Crippen LogP contribution in [-0.4, -0.2) is 41.7 Å². The first-order valence-electron chi connectivity index (χ1n) is 6.18. The van der Waals surface area contributed by atoms with Gasteiger partial charge in [0.1, 0.15) is 0 Å². The zero-order valence-electron chi connectivity index (χ0n) is 11.6. The second-order valence-corrected chi connectivity index (χ2v) is 5.39. The van der Waals surface area contributed by atoms with E-state index >= 15 is 0 Å². The number of hydrogen-bond acceptors (Lipinski definition) is 3. The van der Waals surface area contributed by atoms with Crippen LogP contribution in [0.15, 0.2) is 0 Å². The summed E-state index contributed by atoms with van der Waals surface area (Å²) >= 11 is 1.65. The number of carboxylic acid groups (broad SMARTS) is 1. The van der Waals surface area contributed by atoms with Crippen molar-refractivity contribution in [1.82, 2.24) is 10.6 Å². The quantitative estimate of drug-likeness (QED) is 0.633. The second kappa shape index (κ2) is 8.24. The monoisotopic (exact) mass is 276 g/mol. The molecule has 0 saturated heterocycles. The maximum Gasteiger partial charge on any atom is 0.315 e. The van der Waals surface area contributed by atoms with E-state index in [0.29, 0.717) is 12.8 Å². The van der Waals surface area contributed by atoms with Crippen LogP contribution in [0.1, 0.15) is 33.6 Å². The maximum atomic E-state index is 11.6. The molecule has 106 valence electrons. The lowest BCUT2D eigenvalue weighted by atomic mass is 9.82. The van der Waals surface area contributed by atoms with Crippen molar-refractivity contribution in [2.45, 2.75) is 39.7 Å². The van der Waals surface area contributed by atoms with Gasteiger partial charge in [-0.15, -0.1) is 0 Å². The molecule has 5 nitrogen and oxygen atoms in total. The van der Waals surface area contributed by atoms with E-state index < -0.39 is 11.4 Å². The van der Waals surface area contributed by atoms with Gasteiger partial charge in [-0.3, -0.25) is 4.79 Å². The number of hydrogen-bond donors (Lipinski definition) is 3. The lowest BCUT2D eigenvalue weighted by Gasteiger charge is -2.27. The first-order valence-corrected chi connectivity index (χ1v) is 7.58. The molecule has 0 fully saturated rings. The van der Waals surface area contributed by atoms with Crippen molar-refractivity contribution in [1.29, 1.82) is 0 Å². The molecule has 0 rings (SSSR count). The Balaban J connectivity index is 4.28. The first kappa shape index (κ1) is 17.1. The van der Waals surface area contributed by atoms with Gasteiger partial charge in [0.05, 0.1) is 5.41 Å². The fourth-order valence-electron chi connectivity index (χ4n) is 1.69. The van der Waals surface area contributed by atoms with Crippen molar-refractivity contribution in [3.8, 4) is 0 Å². The van der Waals surface area contributed by atoms with E-state index in [0.717, 1.165) is 5.75 Å². The number of carbonyl (C=O) groups is 2. The van der Waals surface area contributed by atoms with E-state index in [9.17, 15) is 14.7 Å². The highest BCUT2D eigenvalue weighted by Gasteiger charge is 2.35. The number of urea groups is 1. The Labute approximate surface area is 113 Å². The highest BCUT2D eigenvalue weighted by atomic mass is 32.2. The number of thioether (sulfide) groups is 1. The van der Waals surface area contributed by atoms with Gasteiger partial charge in [0.2, 0.25) is 0 Å². The molecule has 0 aromatic heterocycles. The average Bonchev–Trinajstić information content (AvgIpc) is 2.30. The van der Waals surface area contributed by atoms with Crippen molar-refractivity contribution >= 4 is 23.8 Å². The van der Waals surface area contributed by atoms with Gasteiger partial charge < -0.3 is 15.7 Å². The Hall–Kier alpha value is -0.910. The molecule has 0 aliphatic rings. The van der Waals surface area contributed by atoms with Crippen molar-refractivity contribution in [3.63, 3.8) is 0 Å². The Bertz CT molecular complexity index is 280. The summed E-state index contributed by atoms with van der Waals surface area (Å²) in [6.07, 6.45) is 2.97. The Morgan fingerprint density at radius 2 is 1.89 bits per heavy atom. The summed E-state index contributed by atoms with van der Waals surface area (Å²) in [4.78, 5) is 22.9. The topological polar surface area (TPSA) is 78.4 Å². The highest BCUT2D eigenvalue weighted by Crippen LogP contribution is 2.25. The molecule has 6 heteroatoms. The van der Waals surface area contributed by atoms with Crippen LogP contribution in [0, 0.1) is 5.41 Å². The van der Waals surface area contributed by atoms with Crippen LogP contribution in [0.2, 0.25) is 0 Å². The summed E-state index contributed by atoms with van der Waals surface area (Å²) in [6, 6.07) is -0.230. The molecular weight excluding hydrogens is 252 g/mol. The van der Waals surface area contributed by atoms with E-state index in [1.165, 1.54) is 0 Å². The van der Waals surface area contributed by atoms with Gasteiger partial charge in [-0.05, 0) is 26.0 Å². The van der Waals surface area contributed by atoms with Crippen LogP contribution in [0.25, 0.3) is 0 Å². The number of carboxylic acids is 1. The smallest absolute Gasteiger partial charge is 0.315 e. The molecule has 0 heterocycles. The van der Waals surface area contributed by atoms with Crippen LogP contribution in [-0.2, 0) is 4.79 Å². The number of nitrogens with one attached hydrogen (secondary N) is 2. The molecule has 0 aliphatic carbocycles. The van der Waals surface area contributed by atoms with Gasteiger partial charge in [-0.1, -0.05) is 13.8 Å². The van der Waals surface area contributed by atoms with Gasteiger partial charge in [-0.25, -0.2) is 4.79 Å². The molecule has 2 amide bonds. The molecule has 0 saturated carbocycles. The number of rotatable bonds is 8. The summed E-state index contributed by atoms with van der Waals surface area (Å²) < 4.78 is 0. The van der Waals surface area contributed by atoms with Gasteiger partial charge in [0, 0.05) is 18.3 Å². The fourth-order valence-corrected chi connectivity index (χ4v) is 2.28. The Morgan fingerprint density at radius 1 is 1.33 bits per heavy atom. The van der Waals surface area contributed by atoms with Crippen LogP contribution in [0.3, 0.4) is 0 Å². The third-order valence-electron chi connectivity index (χ3n) is 3.19. The van der Waals surface area contributed by atoms with Gasteiger partial charge in [0.25, 0.3) is 0 Å². The minimum absolute atomic E-state index is 0.0717. The summed E-state index contributed by atoms with van der Waals surface area (Å²) in [6.45, 7) is 5.73. The van der Waals surface area contributed by atoms with Gasteiger partial charge >= 0.3 is 12.0 Å². The zero-order valence-corrected chi connectivity index (χ0v) is 12.4. The molecule has 0 aliphatic heterocycles. The lowest BCUT2D eigenvalue weighted by Crippen LogP contribution is -2.48. The van der Waals surface area contributed by atoms with E-state index in [-0.39, 0.29) is 18.6 Å². The molecule has 0 aromatic carbocycles. The van der Waals surface area contributed by atoms with Crippen molar-refractivity contribution < 1.29 is 14.7 Å². The SMILES string of the molecule is CCC(CC)(CNC(=O)NC(C)CSC)C(=O)O. The molecule has 1 atom stereocenters. The third kappa shape index (κ3) is 5.16. The van der Waals surface area contributed by atoms with Crippen molar-refractivity contribution in [2.24, 2.45) is 5.41 Å². The predicted molar refractivity (Wildman–Crippen MR) is 75.0 cm³/mol. The van der Waals surface area contributed by atoms with Gasteiger partial charge in [-0.2, -0.15) is 11.8 Å². The standard InChI is InChI=1S/C12H24N2O3S/c1-5-12(6-2,10(15)16)8-13-11(17)14-9(3)7-18-4/h9H,5-8H2,1-4H3,(H,15,16)(H2,13,14,17). The molecule has 3 N–H and O–H groups in total. The maximum absolute atomic E-state index is 11.6. The van der Waals surface area contributed by atoms with E-state index in [4.69, 9.17) is 0 Å². The number of amides is 2. The summed E-state index contributed by atoms with van der Waals surface area (Å²) in [5.74, 6) is -0.0241. The largest absolute Gasteiger partial charge is 0.481 e. The first-order chi connectivity index (χ1) is 8.41. The minimum atomic E-state index is -0.861. The third-order valence-corrected chi connectivity index (χ3v) is 4.02. The highest BCUT2D eigenvalue weighted by molar-refractivity contribution is 7.98. The van der Waals surface area contributed by atoms with Crippen LogP contribution >= 0.6 is 11.8 Å². The van der Waals surface area contributed by atoms with Crippen LogP contribution in [0.4, 0.5) is 4.79 Å². The predicted octanol–water partition coefficient (Wildman–Crippen LogP) is 1.93. The van der Waals surface area contributed by atoms with Crippen LogP contribution < -0.4 is 10.6 Å². The molecule has 0 radical (unpaired) electrons. The van der Waals surface area contributed by atoms with E-state index in [1.807, 2.05) is 27.0 Å². The molecule has 0 bridgehead atoms. The molecule has 0 spiro atoms. The Kier molecular flexibility index (Phi) is 7.82. The number of aliphatic carboxylic acids is 1. The van der Waals surface area contributed by atoms with E-state index in [1.54, 1.807) is 11.8 Å². The van der Waals surface area contributed by atoms with Gasteiger partial charge in [0.15, 0.2) is 0 Å². The number of carbonyl (C=O) groups excluding carboxylic acids is 1. The minimum Gasteiger partial charge on any atom is -0.481 e. The summed E-state index contributed by atoms with van der Waals surface area (Å²) in [7, 11) is 0. The average molecular weight is 276 g/mol.